The minimum atomic E-state index is -2.55. The summed E-state index contributed by atoms with van der Waals surface area (Å²) in [5.41, 5.74) is -0.234. The molecule has 1 N–H and O–H groups in total. The summed E-state index contributed by atoms with van der Waals surface area (Å²) in [5, 5.41) is 8.45. The van der Waals surface area contributed by atoms with Gasteiger partial charge in [-0.2, -0.15) is 0 Å². The Balaban J connectivity index is 2.83. The molecule has 0 saturated heterocycles. The van der Waals surface area contributed by atoms with Gasteiger partial charge in [0.25, 0.3) is 6.43 Å². The molecule has 0 atom stereocenters. The zero-order chi connectivity index (χ0) is 8.27. The van der Waals surface area contributed by atoms with Crippen molar-refractivity contribution < 1.29 is 13.9 Å². The summed E-state index contributed by atoms with van der Waals surface area (Å²) in [7, 11) is 0. The van der Waals surface area contributed by atoms with E-state index >= 15 is 0 Å². The van der Waals surface area contributed by atoms with Crippen LogP contribution in [0.3, 0.4) is 0 Å². The van der Waals surface area contributed by atoms with Crippen LogP contribution in [-0.4, -0.2) is 15.1 Å². The van der Waals surface area contributed by atoms with Gasteiger partial charge in [0.2, 0.25) is 0 Å². The topological polar surface area (TPSA) is 46.0 Å². The highest BCUT2D eigenvalue weighted by atomic mass is 19.3. The Morgan fingerprint density at radius 2 is 1.91 bits per heavy atom. The molecule has 60 valence electrons. The highest BCUT2D eigenvalue weighted by molar-refractivity contribution is 5.05. The number of hydrogen-bond donors (Lipinski definition) is 1. The largest absolute Gasteiger partial charge is 0.388 e. The molecule has 0 fully saturated rings. The molecular weight excluding hydrogens is 154 g/mol. The maximum absolute atomic E-state index is 11.9. The SMILES string of the molecule is OCc1ncc(C(F)F)cn1. The number of aliphatic hydroxyl groups is 1. The van der Waals surface area contributed by atoms with Crippen LogP contribution in [0, 0.1) is 0 Å². The first-order valence-corrected chi connectivity index (χ1v) is 2.94. The summed E-state index contributed by atoms with van der Waals surface area (Å²) in [5.74, 6) is 0.148. The molecule has 0 saturated carbocycles. The first kappa shape index (κ1) is 8.00. The predicted molar refractivity (Wildman–Crippen MR) is 32.9 cm³/mol. The summed E-state index contributed by atoms with van der Waals surface area (Å²) in [6, 6.07) is 0. The lowest BCUT2D eigenvalue weighted by atomic mass is 10.3. The quantitative estimate of drug-likeness (QED) is 0.699. The normalized spacial score (nSPS) is 10.5. The maximum atomic E-state index is 11.9. The van der Waals surface area contributed by atoms with Gasteiger partial charge in [0.1, 0.15) is 6.61 Å². The van der Waals surface area contributed by atoms with Crippen LogP contribution in [0.25, 0.3) is 0 Å². The Morgan fingerprint density at radius 3 is 2.27 bits per heavy atom. The maximum Gasteiger partial charge on any atom is 0.266 e. The molecule has 0 bridgehead atoms. The number of alkyl halides is 2. The molecule has 0 aliphatic rings. The number of nitrogens with zero attached hydrogens (tertiary/aromatic N) is 2. The van der Waals surface area contributed by atoms with Gasteiger partial charge in [-0.25, -0.2) is 18.7 Å². The van der Waals surface area contributed by atoms with Gasteiger partial charge in [-0.3, -0.25) is 0 Å². The Morgan fingerprint density at radius 1 is 1.36 bits per heavy atom. The van der Waals surface area contributed by atoms with E-state index in [1.807, 2.05) is 0 Å². The number of aromatic nitrogens is 2. The van der Waals surface area contributed by atoms with E-state index in [9.17, 15) is 8.78 Å². The van der Waals surface area contributed by atoms with Crippen LogP contribution >= 0.6 is 0 Å². The summed E-state index contributed by atoms with van der Waals surface area (Å²) in [4.78, 5) is 6.95. The first-order valence-electron chi connectivity index (χ1n) is 2.94. The molecule has 5 heteroatoms. The van der Waals surface area contributed by atoms with Crippen molar-refractivity contribution in [2.45, 2.75) is 13.0 Å². The molecule has 1 rings (SSSR count). The van der Waals surface area contributed by atoms with Crippen LogP contribution in [0.2, 0.25) is 0 Å². The van der Waals surface area contributed by atoms with Crippen molar-refractivity contribution in [3.05, 3.63) is 23.8 Å². The molecule has 0 aliphatic carbocycles. The number of rotatable bonds is 2. The third-order valence-corrected chi connectivity index (χ3v) is 1.12. The minimum absolute atomic E-state index is 0.148. The molecule has 1 heterocycles. The smallest absolute Gasteiger partial charge is 0.266 e. The number of hydrogen-bond acceptors (Lipinski definition) is 3. The zero-order valence-electron chi connectivity index (χ0n) is 5.54. The highest BCUT2D eigenvalue weighted by Crippen LogP contribution is 2.15. The van der Waals surface area contributed by atoms with Crippen LogP contribution in [0.4, 0.5) is 8.78 Å². The average Bonchev–Trinajstić information content (AvgIpc) is 2.05. The molecule has 11 heavy (non-hydrogen) atoms. The molecule has 0 spiro atoms. The highest BCUT2D eigenvalue weighted by Gasteiger charge is 2.06. The van der Waals surface area contributed by atoms with Crippen molar-refractivity contribution in [2.75, 3.05) is 0 Å². The van der Waals surface area contributed by atoms with Crippen LogP contribution in [0.1, 0.15) is 17.8 Å². The van der Waals surface area contributed by atoms with Gasteiger partial charge in [-0.1, -0.05) is 0 Å². The van der Waals surface area contributed by atoms with Gasteiger partial charge < -0.3 is 5.11 Å². The van der Waals surface area contributed by atoms with Gasteiger partial charge >= 0.3 is 0 Å². The second-order valence-corrected chi connectivity index (χ2v) is 1.89. The van der Waals surface area contributed by atoms with Crippen LogP contribution in [-0.2, 0) is 6.61 Å². The minimum Gasteiger partial charge on any atom is -0.388 e. The third-order valence-electron chi connectivity index (χ3n) is 1.12. The van der Waals surface area contributed by atoms with Gasteiger partial charge in [-0.05, 0) is 0 Å². The number of aliphatic hydroxyl groups excluding tert-OH is 1. The van der Waals surface area contributed by atoms with Gasteiger partial charge in [-0.15, -0.1) is 0 Å². The lowest BCUT2D eigenvalue weighted by Gasteiger charge is -1.97. The first-order chi connectivity index (χ1) is 5.24. The van der Waals surface area contributed by atoms with E-state index in [4.69, 9.17) is 5.11 Å². The van der Waals surface area contributed by atoms with Crippen molar-refractivity contribution in [3.8, 4) is 0 Å². The third kappa shape index (κ3) is 1.91. The van der Waals surface area contributed by atoms with E-state index in [-0.39, 0.29) is 18.0 Å². The summed E-state index contributed by atoms with van der Waals surface area (Å²) < 4.78 is 23.7. The van der Waals surface area contributed by atoms with Crippen molar-refractivity contribution >= 4 is 0 Å². The summed E-state index contributed by atoms with van der Waals surface area (Å²) >= 11 is 0. The Hall–Kier alpha value is -1.10. The Bertz CT molecular complexity index is 225. The predicted octanol–water partition coefficient (Wildman–Crippen LogP) is 0.907. The summed E-state index contributed by atoms with van der Waals surface area (Å²) in [6.45, 7) is -0.330. The van der Waals surface area contributed by atoms with E-state index in [2.05, 4.69) is 9.97 Å². The number of halogens is 2. The standard InChI is InChI=1S/C6H6F2N2O/c7-6(8)4-1-9-5(3-11)10-2-4/h1-2,6,11H,3H2. The lowest BCUT2D eigenvalue weighted by molar-refractivity contribution is 0.150. The Kier molecular flexibility index (Phi) is 2.43. The molecular formula is C6H6F2N2O. The summed E-state index contributed by atoms with van der Waals surface area (Å²) in [6.07, 6.45) is -0.547. The Labute approximate surface area is 61.7 Å². The van der Waals surface area contributed by atoms with E-state index in [0.717, 1.165) is 12.4 Å². The van der Waals surface area contributed by atoms with Crippen LogP contribution in [0.5, 0.6) is 0 Å². The second kappa shape index (κ2) is 3.34. The monoisotopic (exact) mass is 160 g/mol. The van der Waals surface area contributed by atoms with Crippen LogP contribution in [0.15, 0.2) is 12.4 Å². The van der Waals surface area contributed by atoms with E-state index in [1.54, 1.807) is 0 Å². The van der Waals surface area contributed by atoms with E-state index in [0.29, 0.717) is 0 Å². The van der Waals surface area contributed by atoms with Crippen LogP contribution < -0.4 is 0 Å². The zero-order valence-corrected chi connectivity index (χ0v) is 5.54. The second-order valence-electron chi connectivity index (χ2n) is 1.89. The molecule has 3 nitrogen and oxygen atoms in total. The molecule has 0 aromatic carbocycles. The van der Waals surface area contributed by atoms with Crippen molar-refractivity contribution in [3.63, 3.8) is 0 Å². The van der Waals surface area contributed by atoms with E-state index < -0.39 is 6.43 Å². The van der Waals surface area contributed by atoms with Crippen molar-refractivity contribution in [2.24, 2.45) is 0 Å². The fourth-order valence-corrected chi connectivity index (χ4v) is 0.559. The van der Waals surface area contributed by atoms with Crippen molar-refractivity contribution in [1.82, 2.24) is 9.97 Å². The van der Waals surface area contributed by atoms with Crippen molar-refractivity contribution in [1.29, 1.82) is 0 Å². The molecule has 0 radical (unpaired) electrons. The van der Waals surface area contributed by atoms with E-state index in [1.165, 1.54) is 0 Å². The average molecular weight is 160 g/mol. The fourth-order valence-electron chi connectivity index (χ4n) is 0.559. The van der Waals surface area contributed by atoms with Gasteiger partial charge in [0.05, 0.1) is 5.56 Å². The van der Waals surface area contributed by atoms with Gasteiger partial charge in [0.15, 0.2) is 5.82 Å². The molecule has 0 amide bonds. The molecule has 0 unspecified atom stereocenters. The molecule has 0 aliphatic heterocycles. The lowest BCUT2D eigenvalue weighted by Crippen LogP contribution is -1.95. The molecule has 1 aromatic rings. The fraction of sp³-hybridized carbons (Fsp3) is 0.333. The van der Waals surface area contributed by atoms with Gasteiger partial charge in [0, 0.05) is 12.4 Å². The molecule has 1 aromatic heterocycles.